The lowest BCUT2D eigenvalue weighted by molar-refractivity contribution is -0.384. The van der Waals surface area contributed by atoms with Crippen LogP contribution in [0.1, 0.15) is 5.56 Å². The first-order valence-corrected chi connectivity index (χ1v) is 7.55. The van der Waals surface area contributed by atoms with E-state index < -0.39 is 0 Å². The van der Waals surface area contributed by atoms with Crippen LogP contribution in [0, 0.1) is 10.1 Å². The van der Waals surface area contributed by atoms with Gasteiger partial charge in [-0.05, 0) is 5.56 Å². The van der Waals surface area contributed by atoms with Gasteiger partial charge in [0.2, 0.25) is 0 Å². The van der Waals surface area contributed by atoms with E-state index in [0.29, 0.717) is 13.2 Å². The molecular weight excluding hydrogens is 286 g/mol. The summed E-state index contributed by atoms with van der Waals surface area (Å²) in [6, 6.07) is 6.77. The molecule has 122 valence electrons. The van der Waals surface area contributed by atoms with Crippen LogP contribution in [0.25, 0.3) is 0 Å². The van der Waals surface area contributed by atoms with Crippen molar-refractivity contribution in [2.75, 3.05) is 52.5 Å². The number of hydrogen-bond acceptors (Lipinski definition) is 6. The Kier molecular flexibility index (Phi) is 6.73. The highest BCUT2D eigenvalue weighted by atomic mass is 16.6. The molecule has 1 aromatic carbocycles. The van der Waals surface area contributed by atoms with Crippen molar-refractivity contribution in [1.82, 2.24) is 9.80 Å². The lowest BCUT2D eigenvalue weighted by Gasteiger charge is -2.34. The van der Waals surface area contributed by atoms with Gasteiger partial charge in [-0.2, -0.15) is 0 Å². The molecule has 1 aliphatic rings. The highest BCUT2D eigenvalue weighted by Gasteiger charge is 2.16. The summed E-state index contributed by atoms with van der Waals surface area (Å²) in [7, 11) is 0. The molecule has 1 fully saturated rings. The Labute approximate surface area is 130 Å². The van der Waals surface area contributed by atoms with Crippen LogP contribution in [0.15, 0.2) is 24.3 Å². The molecule has 7 nitrogen and oxygen atoms in total. The van der Waals surface area contributed by atoms with Crippen molar-refractivity contribution in [3.8, 4) is 0 Å². The highest BCUT2D eigenvalue weighted by molar-refractivity contribution is 5.32. The van der Waals surface area contributed by atoms with Crippen LogP contribution in [0.5, 0.6) is 0 Å². The molecule has 0 saturated carbocycles. The van der Waals surface area contributed by atoms with Crippen LogP contribution >= 0.6 is 0 Å². The molecule has 0 atom stereocenters. The summed E-state index contributed by atoms with van der Waals surface area (Å²) in [6.45, 7) is 6.81. The number of nitrogens with zero attached hydrogens (tertiary/aromatic N) is 3. The van der Waals surface area contributed by atoms with E-state index in [0.717, 1.165) is 44.8 Å². The zero-order valence-corrected chi connectivity index (χ0v) is 12.7. The summed E-state index contributed by atoms with van der Waals surface area (Å²) >= 11 is 0. The number of aliphatic hydroxyl groups excluding tert-OH is 1. The van der Waals surface area contributed by atoms with Gasteiger partial charge in [0.1, 0.15) is 0 Å². The smallest absolute Gasteiger partial charge is 0.269 e. The molecule has 1 aromatic rings. The first kappa shape index (κ1) is 16.8. The van der Waals surface area contributed by atoms with E-state index in [1.54, 1.807) is 12.1 Å². The molecule has 0 amide bonds. The first-order chi connectivity index (χ1) is 10.7. The van der Waals surface area contributed by atoms with Crippen molar-refractivity contribution < 1.29 is 14.8 Å². The van der Waals surface area contributed by atoms with Gasteiger partial charge >= 0.3 is 0 Å². The highest BCUT2D eigenvalue weighted by Crippen LogP contribution is 2.14. The third-order valence-electron chi connectivity index (χ3n) is 3.81. The third-order valence-corrected chi connectivity index (χ3v) is 3.81. The lowest BCUT2D eigenvalue weighted by atomic mass is 10.2. The fourth-order valence-electron chi connectivity index (χ4n) is 2.51. The summed E-state index contributed by atoms with van der Waals surface area (Å²) in [5, 5.41) is 19.3. The minimum absolute atomic E-state index is 0.0724. The molecule has 0 spiro atoms. The second-order valence-electron chi connectivity index (χ2n) is 5.38. The van der Waals surface area contributed by atoms with E-state index in [1.807, 2.05) is 12.1 Å². The first-order valence-electron chi connectivity index (χ1n) is 7.55. The number of aliphatic hydroxyl groups is 1. The molecule has 0 aliphatic carbocycles. The maximum Gasteiger partial charge on any atom is 0.269 e. The number of piperazine rings is 1. The number of benzene rings is 1. The van der Waals surface area contributed by atoms with Gasteiger partial charge in [0.25, 0.3) is 5.69 Å². The quantitative estimate of drug-likeness (QED) is 0.433. The van der Waals surface area contributed by atoms with Gasteiger partial charge in [0.15, 0.2) is 0 Å². The van der Waals surface area contributed by atoms with Gasteiger partial charge in [-0.3, -0.25) is 19.9 Å². The molecule has 0 unspecified atom stereocenters. The number of nitro groups is 1. The average molecular weight is 309 g/mol. The SMILES string of the molecule is O=[N+]([O-])c1ccc(CN2CCN(CCOCCO)CC2)cc1. The van der Waals surface area contributed by atoms with E-state index in [4.69, 9.17) is 9.84 Å². The van der Waals surface area contributed by atoms with Gasteiger partial charge in [-0.1, -0.05) is 12.1 Å². The van der Waals surface area contributed by atoms with Crippen LogP contribution in [0.2, 0.25) is 0 Å². The summed E-state index contributed by atoms with van der Waals surface area (Å²) in [5.74, 6) is 0. The molecule has 1 heterocycles. The van der Waals surface area contributed by atoms with E-state index >= 15 is 0 Å². The van der Waals surface area contributed by atoms with Crippen molar-refractivity contribution in [2.45, 2.75) is 6.54 Å². The largest absolute Gasteiger partial charge is 0.394 e. The van der Waals surface area contributed by atoms with Crippen LogP contribution in [-0.4, -0.2) is 72.4 Å². The Hall–Kier alpha value is -1.54. The van der Waals surface area contributed by atoms with Crippen molar-refractivity contribution in [1.29, 1.82) is 0 Å². The molecule has 22 heavy (non-hydrogen) atoms. The second kappa shape index (κ2) is 8.79. The van der Waals surface area contributed by atoms with Gasteiger partial charge in [0.05, 0.1) is 24.7 Å². The van der Waals surface area contributed by atoms with Crippen LogP contribution in [0.3, 0.4) is 0 Å². The van der Waals surface area contributed by atoms with Crippen LogP contribution < -0.4 is 0 Å². The van der Waals surface area contributed by atoms with Crippen LogP contribution in [0.4, 0.5) is 5.69 Å². The Morgan fingerprint density at radius 3 is 2.32 bits per heavy atom. The van der Waals surface area contributed by atoms with E-state index in [-0.39, 0.29) is 17.2 Å². The number of non-ortho nitro benzene ring substituents is 1. The Morgan fingerprint density at radius 2 is 1.73 bits per heavy atom. The van der Waals surface area contributed by atoms with Crippen molar-refractivity contribution in [3.63, 3.8) is 0 Å². The normalized spacial score (nSPS) is 16.8. The molecule has 0 aromatic heterocycles. The van der Waals surface area contributed by atoms with Crippen molar-refractivity contribution >= 4 is 5.69 Å². The maximum atomic E-state index is 10.6. The standard InChI is InChI=1S/C15H23N3O4/c19-10-12-22-11-9-16-5-7-17(8-6-16)13-14-1-3-15(4-2-14)18(20)21/h1-4,19H,5-13H2. The van der Waals surface area contributed by atoms with E-state index in [2.05, 4.69) is 9.80 Å². The van der Waals surface area contributed by atoms with Gasteiger partial charge < -0.3 is 9.84 Å². The summed E-state index contributed by atoms with van der Waals surface area (Å²) in [4.78, 5) is 15.0. The summed E-state index contributed by atoms with van der Waals surface area (Å²) < 4.78 is 5.28. The summed E-state index contributed by atoms with van der Waals surface area (Å²) in [5.41, 5.74) is 1.24. The predicted molar refractivity (Wildman–Crippen MR) is 82.7 cm³/mol. The maximum absolute atomic E-state index is 10.6. The van der Waals surface area contributed by atoms with Gasteiger partial charge in [-0.25, -0.2) is 0 Å². The molecule has 0 radical (unpaired) electrons. The Morgan fingerprint density at radius 1 is 1.09 bits per heavy atom. The minimum Gasteiger partial charge on any atom is -0.394 e. The monoisotopic (exact) mass is 309 g/mol. The van der Waals surface area contributed by atoms with Crippen molar-refractivity contribution in [2.24, 2.45) is 0 Å². The number of rotatable bonds is 8. The third kappa shape index (κ3) is 5.34. The molecule has 2 rings (SSSR count). The topological polar surface area (TPSA) is 79.1 Å². The average Bonchev–Trinajstić information content (AvgIpc) is 2.54. The number of hydrogen-bond donors (Lipinski definition) is 1. The number of ether oxygens (including phenoxy) is 1. The number of nitro benzene ring substituents is 1. The molecule has 0 bridgehead atoms. The lowest BCUT2D eigenvalue weighted by Crippen LogP contribution is -2.46. The molecule has 1 saturated heterocycles. The molecule has 1 N–H and O–H groups in total. The molecule has 7 heteroatoms. The van der Waals surface area contributed by atoms with Gasteiger partial charge in [-0.15, -0.1) is 0 Å². The van der Waals surface area contributed by atoms with Crippen LogP contribution in [-0.2, 0) is 11.3 Å². The fourth-order valence-corrected chi connectivity index (χ4v) is 2.51. The molecular formula is C15H23N3O4. The second-order valence-corrected chi connectivity index (χ2v) is 5.38. The van der Waals surface area contributed by atoms with E-state index in [1.165, 1.54) is 0 Å². The fraction of sp³-hybridized carbons (Fsp3) is 0.600. The van der Waals surface area contributed by atoms with Gasteiger partial charge in [0, 0.05) is 51.4 Å². The Bertz CT molecular complexity index is 458. The Balaban J connectivity index is 1.69. The summed E-state index contributed by atoms with van der Waals surface area (Å²) in [6.07, 6.45) is 0. The predicted octanol–water partition coefficient (Wildman–Crippen LogP) is 0.721. The zero-order chi connectivity index (χ0) is 15.8. The van der Waals surface area contributed by atoms with E-state index in [9.17, 15) is 10.1 Å². The zero-order valence-electron chi connectivity index (χ0n) is 12.7. The molecule has 1 aliphatic heterocycles. The minimum atomic E-state index is -0.374. The van der Waals surface area contributed by atoms with Crippen molar-refractivity contribution in [3.05, 3.63) is 39.9 Å².